The van der Waals surface area contributed by atoms with Crippen molar-refractivity contribution in [3.8, 4) is 0 Å². The highest BCUT2D eigenvalue weighted by Gasteiger charge is 2.23. The predicted octanol–water partition coefficient (Wildman–Crippen LogP) is -0.256. The smallest absolute Gasteiger partial charge is 0.234 e. The van der Waals surface area contributed by atoms with Crippen LogP contribution in [0.4, 0.5) is 0 Å². The van der Waals surface area contributed by atoms with E-state index in [1.54, 1.807) is 0 Å². The van der Waals surface area contributed by atoms with E-state index in [1.165, 1.54) is 13.0 Å². The van der Waals surface area contributed by atoms with E-state index in [9.17, 15) is 4.79 Å². The third kappa shape index (κ3) is 2.96. The molecule has 2 unspecified atom stereocenters. The van der Waals surface area contributed by atoms with Crippen molar-refractivity contribution < 1.29 is 4.79 Å². The van der Waals surface area contributed by atoms with Crippen LogP contribution in [0.15, 0.2) is 0 Å². The van der Waals surface area contributed by atoms with E-state index in [4.69, 9.17) is 5.73 Å². The van der Waals surface area contributed by atoms with E-state index < -0.39 is 0 Å². The average Bonchev–Trinajstić information content (AvgIpc) is 2.49. The average molecular weight is 199 g/mol. The quantitative estimate of drug-likeness (QED) is 0.679. The fraction of sp³-hybridized carbons (Fsp3) is 0.900. The molecule has 0 bridgehead atoms. The molecule has 1 saturated heterocycles. The molecule has 14 heavy (non-hydrogen) atoms. The second-order valence-corrected chi connectivity index (χ2v) is 4.43. The van der Waals surface area contributed by atoms with Gasteiger partial charge in [-0.15, -0.1) is 0 Å². The summed E-state index contributed by atoms with van der Waals surface area (Å²) < 4.78 is 0. The van der Waals surface area contributed by atoms with Gasteiger partial charge in [0, 0.05) is 13.1 Å². The zero-order chi connectivity index (χ0) is 10.7. The van der Waals surface area contributed by atoms with Gasteiger partial charge in [-0.2, -0.15) is 0 Å². The maximum atomic E-state index is 10.9. The normalized spacial score (nSPS) is 25.6. The Labute approximate surface area is 86.0 Å². The molecule has 0 aromatic rings. The Hall–Kier alpha value is -0.610. The molecule has 0 saturated carbocycles. The SMILES string of the molecule is CC(C(N)=O)N(C)CC1CCN(C)C1. The highest BCUT2D eigenvalue weighted by molar-refractivity contribution is 5.79. The largest absolute Gasteiger partial charge is 0.368 e. The molecular formula is C10H21N3O. The summed E-state index contributed by atoms with van der Waals surface area (Å²) >= 11 is 0. The molecule has 4 nitrogen and oxygen atoms in total. The van der Waals surface area contributed by atoms with E-state index in [-0.39, 0.29) is 11.9 Å². The van der Waals surface area contributed by atoms with Crippen LogP contribution in [0.5, 0.6) is 0 Å². The fourth-order valence-corrected chi connectivity index (χ4v) is 1.96. The number of likely N-dealkylation sites (tertiary alicyclic amines) is 1. The van der Waals surface area contributed by atoms with Gasteiger partial charge in [0.2, 0.25) is 5.91 Å². The molecule has 0 aliphatic carbocycles. The fourth-order valence-electron chi connectivity index (χ4n) is 1.96. The number of carbonyl (C=O) groups excluding carboxylic acids is 1. The van der Waals surface area contributed by atoms with Crippen molar-refractivity contribution >= 4 is 5.91 Å². The third-order valence-corrected chi connectivity index (χ3v) is 3.11. The van der Waals surface area contributed by atoms with Crippen LogP contribution in [-0.4, -0.2) is 55.5 Å². The number of amides is 1. The van der Waals surface area contributed by atoms with E-state index in [0.717, 1.165) is 13.1 Å². The van der Waals surface area contributed by atoms with Crippen LogP contribution in [0, 0.1) is 5.92 Å². The molecule has 1 heterocycles. The molecule has 0 aromatic carbocycles. The summed E-state index contributed by atoms with van der Waals surface area (Å²) in [6.07, 6.45) is 1.23. The molecular weight excluding hydrogens is 178 g/mol. The monoisotopic (exact) mass is 199 g/mol. The Balaban J connectivity index is 2.33. The first-order chi connectivity index (χ1) is 6.50. The van der Waals surface area contributed by atoms with Gasteiger partial charge in [0.15, 0.2) is 0 Å². The Morgan fingerprint density at radius 1 is 1.71 bits per heavy atom. The van der Waals surface area contributed by atoms with Crippen LogP contribution in [-0.2, 0) is 4.79 Å². The zero-order valence-corrected chi connectivity index (χ0v) is 9.36. The van der Waals surface area contributed by atoms with Gasteiger partial charge in [0.05, 0.1) is 6.04 Å². The first-order valence-electron chi connectivity index (χ1n) is 5.18. The van der Waals surface area contributed by atoms with Gasteiger partial charge in [-0.25, -0.2) is 0 Å². The number of rotatable bonds is 4. The number of primary amides is 1. The van der Waals surface area contributed by atoms with Crippen molar-refractivity contribution in [2.24, 2.45) is 11.7 Å². The van der Waals surface area contributed by atoms with Gasteiger partial charge in [-0.05, 0) is 39.9 Å². The summed E-state index contributed by atoms with van der Waals surface area (Å²) in [6.45, 7) is 5.13. The number of hydrogen-bond acceptors (Lipinski definition) is 3. The molecule has 82 valence electrons. The molecule has 4 heteroatoms. The number of nitrogens with two attached hydrogens (primary N) is 1. The Bertz CT molecular complexity index is 208. The molecule has 2 atom stereocenters. The maximum absolute atomic E-state index is 10.9. The van der Waals surface area contributed by atoms with Crippen LogP contribution >= 0.6 is 0 Å². The number of hydrogen-bond donors (Lipinski definition) is 1. The molecule has 1 rings (SSSR count). The van der Waals surface area contributed by atoms with Gasteiger partial charge in [0.25, 0.3) is 0 Å². The lowest BCUT2D eigenvalue weighted by Crippen LogP contribution is -2.42. The maximum Gasteiger partial charge on any atom is 0.234 e. The Morgan fingerprint density at radius 2 is 2.36 bits per heavy atom. The standard InChI is InChI=1S/C10H21N3O/c1-8(10(11)14)13(3)7-9-4-5-12(2)6-9/h8-9H,4-7H2,1-3H3,(H2,11,14). The van der Waals surface area contributed by atoms with Crippen molar-refractivity contribution in [3.63, 3.8) is 0 Å². The van der Waals surface area contributed by atoms with Gasteiger partial charge in [-0.1, -0.05) is 0 Å². The Morgan fingerprint density at radius 3 is 2.79 bits per heavy atom. The van der Waals surface area contributed by atoms with Gasteiger partial charge < -0.3 is 10.6 Å². The van der Waals surface area contributed by atoms with Crippen molar-refractivity contribution in [1.82, 2.24) is 9.80 Å². The number of carbonyl (C=O) groups is 1. The first kappa shape index (κ1) is 11.5. The molecule has 1 aliphatic heterocycles. The third-order valence-electron chi connectivity index (χ3n) is 3.11. The number of nitrogens with zero attached hydrogens (tertiary/aromatic N) is 2. The molecule has 1 amide bonds. The van der Waals surface area contributed by atoms with Gasteiger partial charge in [-0.3, -0.25) is 9.69 Å². The summed E-state index contributed by atoms with van der Waals surface area (Å²) in [6, 6.07) is -0.152. The highest BCUT2D eigenvalue weighted by atomic mass is 16.1. The lowest BCUT2D eigenvalue weighted by Gasteiger charge is -2.24. The second kappa shape index (κ2) is 4.75. The van der Waals surface area contributed by atoms with E-state index in [0.29, 0.717) is 5.92 Å². The van der Waals surface area contributed by atoms with Gasteiger partial charge >= 0.3 is 0 Å². The van der Waals surface area contributed by atoms with Crippen molar-refractivity contribution in [1.29, 1.82) is 0 Å². The van der Waals surface area contributed by atoms with Crippen LogP contribution in [0.2, 0.25) is 0 Å². The van der Waals surface area contributed by atoms with Crippen molar-refractivity contribution in [2.75, 3.05) is 33.7 Å². The van der Waals surface area contributed by atoms with Crippen molar-refractivity contribution in [3.05, 3.63) is 0 Å². The summed E-state index contributed by atoms with van der Waals surface area (Å²) in [5.41, 5.74) is 5.25. The predicted molar refractivity (Wildman–Crippen MR) is 56.9 cm³/mol. The molecule has 1 aliphatic rings. The van der Waals surface area contributed by atoms with Crippen molar-refractivity contribution in [2.45, 2.75) is 19.4 Å². The molecule has 0 aromatic heterocycles. The minimum absolute atomic E-state index is 0.152. The first-order valence-corrected chi connectivity index (χ1v) is 5.18. The molecule has 0 spiro atoms. The van der Waals surface area contributed by atoms with E-state index in [1.807, 2.05) is 18.9 Å². The van der Waals surface area contributed by atoms with Crippen LogP contribution in [0.25, 0.3) is 0 Å². The van der Waals surface area contributed by atoms with Crippen LogP contribution in [0.1, 0.15) is 13.3 Å². The zero-order valence-electron chi connectivity index (χ0n) is 9.36. The van der Waals surface area contributed by atoms with E-state index in [2.05, 4.69) is 11.9 Å². The van der Waals surface area contributed by atoms with Gasteiger partial charge in [0.1, 0.15) is 0 Å². The summed E-state index contributed by atoms with van der Waals surface area (Å²) in [5.74, 6) is 0.450. The second-order valence-electron chi connectivity index (χ2n) is 4.43. The Kier molecular flexibility index (Phi) is 3.89. The summed E-state index contributed by atoms with van der Waals surface area (Å²) in [4.78, 5) is 15.3. The molecule has 0 radical (unpaired) electrons. The lowest BCUT2D eigenvalue weighted by atomic mass is 10.1. The summed E-state index contributed by atoms with van der Waals surface area (Å²) in [7, 11) is 4.10. The van der Waals surface area contributed by atoms with Crippen LogP contribution in [0.3, 0.4) is 0 Å². The molecule has 1 fully saturated rings. The summed E-state index contributed by atoms with van der Waals surface area (Å²) in [5, 5.41) is 0. The minimum atomic E-state index is -0.237. The minimum Gasteiger partial charge on any atom is -0.368 e. The number of likely N-dealkylation sites (N-methyl/N-ethyl adjacent to an activating group) is 1. The van der Waals surface area contributed by atoms with E-state index >= 15 is 0 Å². The molecule has 2 N–H and O–H groups in total. The van der Waals surface area contributed by atoms with Crippen LogP contribution < -0.4 is 5.73 Å². The highest BCUT2D eigenvalue weighted by Crippen LogP contribution is 2.15. The lowest BCUT2D eigenvalue weighted by molar-refractivity contribution is -0.122. The topological polar surface area (TPSA) is 49.6 Å².